The van der Waals surface area contributed by atoms with Crippen LogP contribution < -0.4 is 0 Å². The Labute approximate surface area is 45.3 Å². The molecule has 0 aromatic carbocycles. The van der Waals surface area contributed by atoms with Crippen molar-refractivity contribution in [3.8, 4) is 0 Å². The molecule has 0 spiro atoms. The maximum atomic E-state index is 11.9. The highest BCUT2D eigenvalue weighted by atomic mass is 19.2. The number of halogens is 1. The Balaban J connectivity index is 2.64. The van der Waals surface area contributed by atoms with Gasteiger partial charge in [-0.1, -0.05) is 11.1 Å². The van der Waals surface area contributed by atoms with Crippen LogP contribution in [0.5, 0.6) is 0 Å². The Bertz CT molecular complexity index is 145. The van der Waals surface area contributed by atoms with E-state index in [2.05, 4.69) is 11.3 Å². The van der Waals surface area contributed by atoms with E-state index < -0.39 is 6.09 Å². The highest BCUT2D eigenvalue weighted by molar-refractivity contribution is 5.70. The molecule has 1 amide bonds. The first-order valence-electron chi connectivity index (χ1n) is 2.03. The third-order valence-corrected chi connectivity index (χ3v) is 0.745. The smallest absolute Gasteiger partial charge is 0.412 e. The van der Waals surface area contributed by atoms with Gasteiger partial charge in [-0.25, -0.2) is 4.79 Å². The van der Waals surface area contributed by atoms with Crippen LogP contribution in [-0.2, 0) is 4.74 Å². The number of nitrogens with zero attached hydrogens (tertiary/aromatic N) is 1. The molecule has 0 aliphatic carbocycles. The van der Waals surface area contributed by atoms with E-state index in [1.165, 1.54) is 0 Å². The molecule has 1 fully saturated rings. The van der Waals surface area contributed by atoms with Crippen LogP contribution in [0.25, 0.3) is 0 Å². The van der Waals surface area contributed by atoms with Gasteiger partial charge in [-0.15, -0.1) is 5.12 Å². The van der Waals surface area contributed by atoms with Gasteiger partial charge in [0.15, 0.2) is 0 Å². The zero-order valence-corrected chi connectivity index (χ0v) is 4.06. The lowest BCUT2D eigenvalue weighted by Crippen LogP contribution is -2.11. The molecule has 0 radical (unpaired) electrons. The van der Waals surface area contributed by atoms with E-state index in [1.54, 1.807) is 0 Å². The summed E-state index contributed by atoms with van der Waals surface area (Å²) in [5.41, 5.74) is 0. The Kier molecular flexibility index (Phi) is 0.932. The second kappa shape index (κ2) is 1.47. The molecule has 44 valence electrons. The van der Waals surface area contributed by atoms with Crippen molar-refractivity contribution in [1.29, 1.82) is 0 Å². The van der Waals surface area contributed by atoms with Crippen LogP contribution in [0, 0.1) is 0 Å². The van der Waals surface area contributed by atoms with Crippen molar-refractivity contribution < 1.29 is 14.0 Å². The van der Waals surface area contributed by atoms with Crippen LogP contribution in [0.4, 0.5) is 9.28 Å². The molecule has 1 heterocycles. The first-order valence-corrected chi connectivity index (χ1v) is 2.03. The van der Waals surface area contributed by atoms with Crippen molar-refractivity contribution in [2.24, 2.45) is 0 Å². The molecular formula is C4H4FNO2. The van der Waals surface area contributed by atoms with Crippen molar-refractivity contribution in [3.63, 3.8) is 0 Å². The fraction of sp³-hybridized carbons (Fsp3) is 0.250. The van der Waals surface area contributed by atoms with Gasteiger partial charge in [0.25, 0.3) is 0 Å². The number of carbonyl (C=O) groups is 1. The average molecular weight is 117 g/mol. The molecule has 1 saturated heterocycles. The van der Waals surface area contributed by atoms with Gasteiger partial charge in [0.1, 0.15) is 12.3 Å². The molecule has 4 heteroatoms. The largest absolute Gasteiger partial charge is 0.443 e. The summed E-state index contributed by atoms with van der Waals surface area (Å²) in [6.45, 7) is 3.09. The van der Waals surface area contributed by atoms with Crippen molar-refractivity contribution in [2.75, 3.05) is 6.54 Å². The van der Waals surface area contributed by atoms with Crippen molar-refractivity contribution in [3.05, 3.63) is 12.3 Å². The van der Waals surface area contributed by atoms with E-state index >= 15 is 0 Å². The minimum atomic E-state index is -0.977. The minimum Gasteiger partial charge on any atom is -0.412 e. The molecular weight excluding hydrogens is 113 g/mol. The summed E-state index contributed by atoms with van der Waals surface area (Å²) in [6.07, 6.45) is -0.977. The Morgan fingerprint density at radius 1 is 1.88 bits per heavy atom. The van der Waals surface area contributed by atoms with E-state index in [1.807, 2.05) is 0 Å². The average Bonchev–Trinajstić information content (AvgIpc) is 1.85. The van der Waals surface area contributed by atoms with Gasteiger partial charge >= 0.3 is 6.09 Å². The third-order valence-electron chi connectivity index (χ3n) is 0.745. The van der Waals surface area contributed by atoms with Gasteiger partial charge in [0.05, 0.1) is 0 Å². The number of rotatable bonds is 0. The molecule has 1 aliphatic rings. The number of ether oxygens (including phenoxy) is 1. The van der Waals surface area contributed by atoms with E-state index in [9.17, 15) is 9.28 Å². The summed E-state index contributed by atoms with van der Waals surface area (Å²) in [6, 6.07) is 0. The van der Waals surface area contributed by atoms with Gasteiger partial charge in [0.2, 0.25) is 0 Å². The van der Waals surface area contributed by atoms with E-state index in [-0.39, 0.29) is 17.4 Å². The fourth-order valence-corrected chi connectivity index (χ4v) is 0.425. The summed E-state index contributed by atoms with van der Waals surface area (Å²) < 4.78 is 16.1. The van der Waals surface area contributed by atoms with Crippen LogP contribution in [-0.4, -0.2) is 17.8 Å². The molecule has 0 aromatic heterocycles. The fourth-order valence-electron chi connectivity index (χ4n) is 0.425. The Morgan fingerprint density at radius 3 is 2.62 bits per heavy atom. The highest BCUT2D eigenvalue weighted by Gasteiger charge is 2.24. The molecule has 0 atom stereocenters. The maximum absolute atomic E-state index is 11.9. The summed E-state index contributed by atoms with van der Waals surface area (Å²) in [5.74, 6) is 0.150. The van der Waals surface area contributed by atoms with Gasteiger partial charge in [-0.3, -0.25) is 0 Å². The first-order chi connectivity index (χ1) is 3.70. The summed E-state index contributed by atoms with van der Waals surface area (Å²) in [4.78, 5) is 10.1. The topological polar surface area (TPSA) is 29.5 Å². The zero-order valence-electron chi connectivity index (χ0n) is 4.06. The quantitative estimate of drug-likeness (QED) is 0.440. The SMILES string of the molecule is C=C1CN(F)C(=O)O1. The maximum Gasteiger partial charge on any atom is 0.443 e. The summed E-state index contributed by atoms with van der Waals surface area (Å²) in [7, 11) is 0. The first kappa shape index (κ1) is 5.08. The number of carbonyl (C=O) groups excluding carboxylic acids is 1. The predicted molar refractivity (Wildman–Crippen MR) is 23.4 cm³/mol. The van der Waals surface area contributed by atoms with Gasteiger partial charge in [0, 0.05) is 0 Å². The predicted octanol–water partition coefficient (Wildman–Crippen LogP) is 0.837. The molecule has 8 heavy (non-hydrogen) atoms. The number of amides is 1. The van der Waals surface area contributed by atoms with Crippen molar-refractivity contribution in [2.45, 2.75) is 0 Å². The van der Waals surface area contributed by atoms with Crippen molar-refractivity contribution >= 4 is 6.09 Å². The second-order valence-electron chi connectivity index (χ2n) is 1.43. The van der Waals surface area contributed by atoms with Crippen LogP contribution in [0.15, 0.2) is 12.3 Å². The number of hydrogen-bond acceptors (Lipinski definition) is 2. The van der Waals surface area contributed by atoms with Crippen LogP contribution >= 0.6 is 0 Å². The standard InChI is InChI=1S/C4H4FNO2/c1-3-2-6(5)4(7)8-3/h1-2H2. The normalized spacial score (nSPS) is 19.4. The molecule has 1 aliphatic heterocycles. The van der Waals surface area contributed by atoms with Crippen molar-refractivity contribution in [1.82, 2.24) is 5.12 Å². The molecule has 0 bridgehead atoms. The minimum absolute atomic E-state index is 0.0394. The Morgan fingerprint density at radius 2 is 2.50 bits per heavy atom. The van der Waals surface area contributed by atoms with Gasteiger partial charge < -0.3 is 4.74 Å². The molecule has 0 unspecified atom stereocenters. The monoisotopic (exact) mass is 117 g/mol. The lowest BCUT2D eigenvalue weighted by Gasteiger charge is -1.90. The zero-order chi connectivity index (χ0) is 6.15. The summed E-state index contributed by atoms with van der Waals surface area (Å²) >= 11 is 0. The van der Waals surface area contributed by atoms with E-state index in [4.69, 9.17) is 0 Å². The van der Waals surface area contributed by atoms with Crippen LogP contribution in [0.1, 0.15) is 0 Å². The number of hydrogen-bond donors (Lipinski definition) is 0. The summed E-state index contributed by atoms with van der Waals surface area (Å²) in [5, 5.41) is -0.0394. The van der Waals surface area contributed by atoms with Gasteiger partial charge in [-0.2, -0.15) is 0 Å². The lowest BCUT2D eigenvalue weighted by atomic mass is 10.6. The molecule has 0 saturated carbocycles. The number of cyclic esters (lactones) is 1. The third kappa shape index (κ3) is 0.641. The Hall–Kier alpha value is -1.06. The highest BCUT2D eigenvalue weighted by Crippen LogP contribution is 2.11. The van der Waals surface area contributed by atoms with E-state index in [0.29, 0.717) is 0 Å². The molecule has 3 nitrogen and oxygen atoms in total. The second-order valence-corrected chi connectivity index (χ2v) is 1.43. The lowest BCUT2D eigenvalue weighted by molar-refractivity contribution is 0.0742. The van der Waals surface area contributed by atoms with Gasteiger partial charge in [-0.05, 0) is 0 Å². The molecule has 1 rings (SSSR count). The molecule has 0 aromatic rings. The van der Waals surface area contributed by atoms with Crippen LogP contribution in [0.2, 0.25) is 0 Å². The van der Waals surface area contributed by atoms with E-state index in [0.717, 1.165) is 0 Å². The molecule has 0 N–H and O–H groups in total. The van der Waals surface area contributed by atoms with Crippen LogP contribution in [0.3, 0.4) is 0 Å².